The number of aromatic nitrogens is 1. The van der Waals surface area contributed by atoms with E-state index in [1.165, 1.54) is 5.57 Å². The summed E-state index contributed by atoms with van der Waals surface area (Å²) in [5.74, 6) is -1.58. The number of rotatable bonds is 6. The molecule has 1 aromatic heterocycles. The average Bonchev–Trinajstić information content (AvgIpc) is 2.89. The number of nitrogens with zero attached hydrogens (tertiary/aromatic N) is 2. The minimum atomic E-state index is -0.706. The van der Waals surface area contributed by atoms with E-state index in [-0.39, 0.29) is 12.2 Å². The van der Waals surface area contributed by atoms with Crippen LogP contribution in [0, 0.1) is 5.82 Å². The lowest BCUT2D eigenvalue weighted by molar-refractivity contribution is 0.518. The van der Waals surface area contributed by atoms with Crippen molar-refractivity contribution in [2.75, 3.05) is 12.3 Å². The summed E-state index contributed by atoms with van der Waals surface area (Å²) in [6, 6.07) is 16.8. The maximum absolute atomic E-state index is 14.5. The fourth-order valence-corrected chi connectivity index (χ4v) is 3.06. The maximum atomic E-state index is 14.5. The third-order valence-electron chi connectivity index (χ3n) is 5.18. The number of benzene rings is 2. The Morgan fingerprint density at radius 3 is 2.19 bits per heavy atom. The highest BCUT2D eigenvalue weighted by Gasteiger charge is 2.06. The van der Waals surface area contributed by atoms with Gasteiger partial charge in [0.2, 0.25) is 0 Å². The lowest BCUT2D eigenvalue weighted by Crippen LogP contribution is -2.14. The second-order valence-corrected chi connectivity index (χ2v) is 7.88. The standard InChI is InChI=1S/C23H24FN3.C5H8F2.C2H6/c1-3-17(2)14-26-23-11-12-27(16-22(23)25)15-18-9-10-20(21(24)13-18)19-7-5-4-6-8-19;1-3-5(7)4(2)6;1-2/h3-13,16H,14-15,25H2,1-2H3;3H2,1-2H3;1-2H3/b17-3+,26-23?;5-4-;. The summed E-state index contributed by atoms with van der Waals surface area (Å²) in [4.78, 5) is 4.52. The molecule has 0 atom stereocenters. The predicted molar refractivity (Wildman–Crippen MR) is 146 cm³/mol. The van der Waals surface area contributed by atoms with Crippen LogP contribution in [0.2, 0.25) is 0 Å². The summed E-state index contributed by atoms with van der Waals surface area (Å²) in [6.45, 7) is 11.9. The number of allylic oxidation sites excluding steroid dienone is 3. The number of hydrogen-bond donors (Lipinski definition) is 1. The summed E-state index contributed by atoms with van der Waals surface area (Å²) in [5.41, 5.74) is 10.3. The fraction of sp³-hybridized carbons (Fsp3) is 0.300. The van der Waals surface area contributed by atoms with Gasteiger partial charge in [-0.1, -0.05) is 74.9 Å². The first kappa shape index (κ1) is 30.5. The molecule has 0 aliphatic rings. The van der Waals surface area contributed by atoms with Crippen molar-refractivity contribution in [2.24, 2.45) is 4.99 Å². The Kier molecular flexibility index (Phi) is 13.7. The number of halogens is 3. The first-order chi connectivity index (χ1) is 17.2. The van der Waals surface area contributed by atoms with Crippen molar-refractivity contribution in [2.45, 2.75) is 54.5 Å². The van der Waals surface area contributed by atoms with Crippen LogP contribution in [0.1, 0.15) is 53.5 Å². The van der Waals surface area contributed by atoms with Gasteiger partial charge in [0.15, 0.2) is 0 Å². The Morgan fingerprint density at radius 1 is 1.03 bits per heavy atom. The molecular weight excluding hydrogens is 459 g/mol. The van der Waals surface area contributed by atoms with Gasteiger partial charge in [-0.25, -0.2) is 13.2 Å². The highest BCUT2D eigenvalue weighted by molar-refractivity contribution is 5.64. The van der Waals surface area contributed by atoms with E-state index >= 15 is 0 Å². The van der Waals surface area contributed by atoms with E-state index < -0.39 is 11.7 Å². The highest BCUT2D eigenvalue weighted by Crippen LogP contribution is 2.23. The lowest BCUT2D eigenvalue weighted by Gasteiger charge is -2.10. The number of nitrogens with two attached hydrogens (primary N) is 1. The molecule has 0 saturated carbocycles. The second kappa shape index (κ2) is 16.2. The zero-order chi connectivity index (χ0) is 27.1. The van der Waals surface area contributed by atoms with Crippen LogP contribution in [0.4, 0.5) is 18.9 Å². The van der Waals surface area contributed by atoms with Crippen molar-refractivity contribution in [3.05, 3.63) is 107 Å². The van der Waals surface area contributed by atoms with E-state index in [1.807, 2.05) is 99.3 Å². The molecule has 2 N–H and O–H groups in total. The summed E-state index contributed by atoms with van der Waals surface area (Å²) in [7, 11) is 0. The van der Waals surface area contributed by atoms with Crippen LogP contribution in [-0.2, 0) is 6.54 Å². The van der Waals surface area contributed by atoms with Crippen LogP contribution in [-0.4, -0.2) is 11.1 Å². The van der Waals surface area contributed by atoms with Gasteiger partial charge in [-0.2, -0.15) is 0 Å². The normalized spacial score (nSPS) is 12.1. The highest BCUT2D eigenvalue weighted by atomic mass is 19.2. The molecule has 0 aliphatic carbocycles. The van der Waals surface area contributed by atoms with Crippen LogP contribution >= 0.6 is 0 Å². The third kappa shape index (κ3) is 9.98. The number of pyridine rings is 1. The van der Waals surface area contributed by atoms with Crippen molar-refractivity contribution in [3.63, 3.8) is 0 Å². The zero-order valence-corrected chi connectivity index (χ0v) is 22.2. The zero-order valence-electron chi connectivity index (χ0n) is 22.2. The minimum Gasteiger partial charge on any atom is -0.396 e. The van der Waals surface area contributed by atoms with Gasteiger partial charge in [0.25, 0.3) is 0 Å². The summed E-state index contributed by atoms with van der Waals surface area (Å²) >= 11 is 0. The van der Waals surface area contributed by atoms with Crippen molar-refractivity contribution in [1.82, 2.24) is 4.57 Å². The SMILES string of the molecule is C/C=C(\C)CN=c1ccn(Cc2ccc(-c3ccccc3)c(F)c2)cc1N.CC.CC/C(F)=C(\C)F. The van der Waals surface area contributed by atoms with Crippen LogP contribution in [0.15, 0.2) is 95.3 Å². The van der Waals surface area contributed by atoms with Crippen LogP contribution in [0.3, 0.4) is 0 Å². The van der Waals surface area contributed by atoms with E-state index in [4.69, 9.17) is 5.73 Å². The van der Waals surface area contributed by atoms with Gasteiger partial charge in [0, 0.05) is 24.5 Å². The Balaban J connectivity index is 0.000000623. The molecule has 3 rings (SSSR count). The lowest BCUT2D eigenvalue weighted by atomic mass is 10.0. The van der Waals surface area contributed by atoms with Gasteiger partial charge in [0.05, 0.1) is 17.6 Å². The molecule has 0 spiro atoms. The van der Waals surface area contributed by atoms with Gasteiger partial charge in [0.1, 0.15) is 17.5 Å². The summed E-state index contributed by atoms with van der Waals surface area (Å²) in [5, 5.41) is 0.776. The van der Waals surface area contributed by atoms with Crippen molar-refractivity contribution >= 4 is 5.69 Å². The first-order valence-corrected chi connectivity index (χ1v) is 12.2. The summed E-state index contributed by atoms with van der Waals surface area (Å²) < 4.78 is 39.8. The van der Waals surface area contributed by atoms with Crippen molar-refractivity contribution in [1.29, 1.82) is 0 Å². The average molecular weight is 498 g/mol. The molecule has 2 aromatic carbocycles. The van der Waals surface area contributed by atoms with Crippen molar-refractivity contribution < 1.29 is 13.2 Å². The Hall–Kier alpha value is -3.54. The number of nitrogen functional groups attached to an aromatic ring is 1. The molecule has 0 amide bonds. The summed E-state index contributed by atoms with van der Waals surface area (Å²) in [6.07, 6.45) is 5.95. The predicted octanol–water partition coefficient (Wildman–Crippen LogP) is 8.38. The molecule has 194 valence electrons. The van der Waals surface area contributed by atoms with E-state index in [2.05, 4.69) is 4.99 Å². The van der Waals surface area contributed by atoms with Gasteiger partial charge in [-0.15, -0.1) is 0 Å². The van der Waals surface area contributed by atoms with Gasteiger partial charge >= 0.3 is 0 Å². The molecule has 1 heterocycles. The topological polar surface area (TPSA) is 43.3 Å². The minimum absolute atomic E-state index is 0.155. The Morgan fingerprint density at radius 2 is 1.69 bits per heavy atom. The van der Waals surface area contributed by atoms with Crippen LogP contribution in [0.5, 0.6) is 0 Å². The van der Waals surface area contributed by atoms with E-state index in [0.717, 1.165) is 23.4 Å². The quantitative estimate of drug-likeness (QED) is 0.342. The number of anilines is 1. The molecule has 6 heteroatoms. The molecule has 3 nitrogen and oxygen atoms in total. The molecule has 0 aliphatic heterocycles. The molecule has 0 unspecified atom stereocenters. The van der Waals surface area contributed by atoms with E-state index in [1.54, 1.807) is 13.0 Å². The Bertz CT molecular complexity index is 1210. The van der Waals surface area contributed by atoms with Crippen LogP contribution < -0.4 is 11.1 Å². The Labute approximate surface area is 213 Å². The molecule has 0 radical (unpaired) electrons. The molecular formula is C30H38F3N3. The smallest absolute Gasteiger partial charge is 0.131 e. The maximum Gasteiger partial charge on any atom is 0.131 e. The molecule has 0 bridgehead atoms. The number of hydrogen-bond acceptors (Lipinski definition) is 2. The largest absolute Gasteiger partial charge is 0.396 e. The molecule has 3 aromatic rings. The fourth-order valence-electron chi connectivity index (χ4n) is 3.06. The van der Waals surface area contributed by atoms with Gasteiger partial charge in [-0.3, -0.25) is 4.99 Å². The molecule has 0 fully saturated rings. The van der Waals surface area contributed by atoms with Gasteiger partial charge < -0.3 is 10.3 Å². The molecule has 0 saturated heterocycles. The molecule has 36 heavy (non-hydrogen) atoms. The monoisotopic (exact) mass is 497 g/mol. The van der Waals surface area contributed by atoms with Crippen LogP contribution in [0.25, 0.3) is 11.1 Å². The van der Waals surface area contributed by atoms with E-state index in [9.17, 15) is 13.2 Å². The van der Waals surface area contributed by atoms with Gasteiger partial charge in [-0.05, 0) is 50.5 Å². The second-order valence-electron chi connectivity index (χ2n) is 7.88. The van der Waals surface area contributed by atoms with Crippen molar-refractivity contribution in [3.8, 4) is 11.1 Å². The first-order valence-electron chi connectivity index (χ1n) is 12.2. The third-order valence-corrected chi connectivity index (χ3v) is 5.18. The van der Waals surface area contributed by atoms with E-state index in [0.29, 0.717) is 24.3 Å².